The predicted octanol–water partition coefficient (Wildman–Crippen LogP) is 2.47. The van der Waals surface area contributed by atoms with Crippen LogP contribution in [-0.2, 0) is 6.54 Å². The maximum absolute atomic E-state index is 12.7. The van der Waals surface area contributed by atoms with E-state index in [2.05, 4.69) is 19.9 Å². The number of amides is 1. The topological polar surface area (TPSA) is 63.1 Å². The second kappa shape index (κ2) is 6.91. The van der Waals surface area contributed by atoms with Crippen LogP contribution in [0.3, 0.4) is 0 Å². The van der Waals surface area contributed by atoms with Crippen molar-refractivity contribution in [3.63, 3.8) is 0 Å². The largest absolute Gasteiger partial charge is 0.365 e. The normalized spacial score (nSPS) is 18.4. The average Bonchev–Trinajstić information content (AvgIpc) is 3.24. The first kappa shape index (κ1) is 15.0. The number of nitrogens with zero attached hydrogens (tertiary/aromatic N) is 4. The first-order chi connectivity index (χ1) is 10.8. The highest BCUT2D eigenvalue weighted by molar-refractivity contribution is 7.13. The average molecular weight is 319 g/mol. The van der Waals surface area contributed by atoms with Crippen molar-refractivity contribution < 1.29 is 4.79 Å². The van der Waals surface area contributed by atoms with Gasteiger partial charge in [-0.2, -0.15) is 0 Å². The Morgan fingerprint density at radius 2 is 2.41 bits per heavy atom. The number of nitrogens with one attached hydrogen (secondary N) is 1. The molecular weight excluding hydrogens is 298 g/mol. The zero-order valence-electron chi connectivity index (χ0n) is 12.7. The fourth-order valence-corrected chi connectivity index (χ4v) is 3.56. The van der Waals surface area contributed by atoms with Gasteiger partial charge in [0.15, 0.2) is 5.13 Å². The third kappa shape index (κ3) is 3.30. The van der Waals surface area contributed by atoms with Gasteiger partial charge in [-0.3, -0.25) is 4.79 Å². The molecule has 0 unspecified atom stereocenters. The molecule has 7 heteroatoms. The van der Waals surface area contributed by atoms with E-state index in [1.807, 2.05) is 29.9 Å². The minimum absolute atomic E-state index is 0.0630. The second-order valence-electron chi connectivity index (χ2n) is 5.53. The Morgan fingerprint density at radius 3 is 3.14 bits per heavy atom. The summed E-state index contributed by atoms with van der Waals surface area (Å²) in [5, 5.41) is 5.62. The van der Waals surface area contributed by atoms with Crippen LogP contribution >= 0.6 is 11.3 Å². The molecule has 0 aromatic carbocycles. The van der Waals surface area contributed by atoms with Gasteiger partial charge in [0, 0.05) is 44.0 Å². The molecule has 0 bridgehead atoms. The van der Waals surface area contributed by atoms with Crippen molar-refractivity contribution >= 4 is 22.4 Å². The number of thiazole rings is 1. The van der Waals surface area contributed by atoms with Crippen LogP contribution in [0.15, 0.2) is 24.1 Å². The minimum atomic E-state index is 0.0630. The number of aromatic nitrogens is 3. The highest BCUT2D eigenvalue weighted by atomic mass is 32.1. The zero-order chi connectivity index (χ0) is 15.4. The zero-order valence-corrected chi connectivity index (χ0v) is 13.6. The van der Waals surface area contributed by atoms with Crippen LogP contribution in [0.4, 0.5) is 5.13 Å². The molecule has 1 amide bonds. The number of aryl methyl sites for hydroxylation is 1. The van der Waals surface area contributed by atoms with Crippen LogP contribution in [0.1, 0.15) is 36.2 Å². The lowest BCUT2D eigenvalue weighted by Crippen LogP contribution is -2.44. The van der Waals surface area contributed by atoms with Gasteiger partial charge in [0.25, 0.3) is 5.91 Å². The van der Waals surface area contributed by atoms with Crippen molar-refractivity contribution in [3.05, 3.63) is 29.8 Å². The lowest BCUT2D eigenvalue weighted by atomic mass is 9.99. The summed E-state index contributed by atoms with van der Waals surface area (Å²) in [5.41, 5.74) is 0.559. The Bertz CT molecular complexity index is 609. The molecule has 0 saturated carbocycles. The van der Waals surface area contributed by atoms with Gasteiger partial charge in [0.05, 0.1) is 6.33 Å². The summed E-state index contributed by atoms with van der Waals surface area (Å²) in [7, 11) is 1.82. The second-order valence-corrected chi connectivity index (χ2v) is 6.38. The van der Waals surface area contributed by atoms with Gasteiger partial charge in [0.2, 0.25) is 0 Å². The molecule has 118 valence electrons. The molecule has 1 N–H and O–H groups in total. The Kier molecular flexibility index (Phi) is 4.72. The molecule has 0 radical (unpaired) electrons. The van der Waals surface area contributed by atoms with E-state index in [1.54, 1.807) is 6.20 Å². The lowest BCUT2D eigenvalue weighted by Gasteiger charge is -2.35. The number of anilines is 1. The summed E-state index contributed by atoms with van der Waals surface area (Å²) in [4.78, 5) is 23.1. The van der Waals surface area contributed by atoms with Crippen LogP contribution in [0, 0.1) is 0 Å². The van der Waals surface area contributed by atoms with Gasteiger partial charge in [-0.1, -0.05) is 0 Å². The van der Waals surface area contributed by atoms with Crippen LogP contribution in [0.5, 0.6) is 0 Å². The number of hydrogen-bond acceptors (Lipinski definition) is 5. The summed E-state index contributed by atoms with van der Waals surface area (Å²) in [5.74, 6) is 0.0630. The minimum Gasteiger partial charge on any atom is -0.365 e. The molecule has 1 aliphatic heterocycles. The fraction of sp³-hybridized carbons (Fsp3) is 0.533. The molecule has 1 fully saturated rings. The number of carbonyl (C=O) groups is 1. The quantitative estimate of drug-likeness (QED) is 0.919. The van der Waals surface area contributed by atoms with E-state index in [4.69, 9.17) is 0 Å². The number of imidazole rings is 1. The smallest absolute Gasteiger partial charge is 0.273 e. The molecule has 3 heterocycles. The molecule has 22 heavy (non-hydrogen) atoms. The molecule has 0 aliphatic carbocycles. The van der Waals surface area contributed by atoms with Crippen molar-refractivity contribution in [2.45, 2.75) is 38.3 Å². The number of carbonyl (C=O) groups excluding carboxylic acids is 1. The number of likely N-dealkylation sites (tertiary alicyclic amines) is 1. The molecule has 6 nitrogen and oxygen atoms in total. The van der Waals surface area contributed by atoms with Crippen LogP contribution in [-0.4, -0.2) is 45.0 Å². The molecule has 2 aromatic rings. The molecular formula is C15H21N5OS. The van der Waals surface area contributed by atoms with Crippen molar-refractivity contribution in [2.75, 3.05) is 18.9 Å². The third-order valence-corrected chi connectivity index (χ3v) is 4.96. The van der Waals surface area contributed by atoms with Crippen LogP contribution in [0.2, 0.25) is 0 Å². The van der Waals surface area contributed by atoms with E-state index in [1.165, 1.54) is 17.8 Å². The first-order valence-electron chi connectivity index (χ1n) is 7.68. The van der Waals surface area contributed by atoms with E-state index in [0.717, 1.165) is 37.5 Å². The van der Waals surface area contributed by atoms with Gasteiger partial charge in [-0.25, -0.2) is 9.97 Å². The summed E-state index contributed by atoms with van der Waals surface area (Å²) in [6, 6.07) is 0.295. The Hall–Kier alpha value is -1.89. The Balaban J connectivity index is 1.67. The maximum Gasteiger partial charge on any atom is 0.273 e. The van der Waals surface area contributed by atoms with E-state index < -0.39 is 0 Å². The van der Waals surface area contributed by atoms with Crippen molar-refractivity contribution in [1.29, 1.82) is 0 Å². The first-order valence-corrected chi connectivity index (χ1v) is 8.56. The third-order valence-electron chi connectivity index (χ3n) is 4.10. The number of hydrogen-bond donors (Lipinski definition) is 1. The van der Waals surface area contributed by atoms with E-state index in [0.29, 0.717) is 11.7 Å². The summed E-state index contributed by atoms with van der Waals surface area (Å²) in [6.07, 6.45) is 9.89. The van der Waals surface area contributed by atoms with E-state index >= 15 is 0 Å². The molecule has 1 aliphatic rings. The molecule has 0 spiro atoms. The van der Waals surface area contributed by atoms with Gasteiger partial charge in [0.1, 0.15) is 5.69 Å². The standard InChI is InChI=1S/C15H21N5OS/c1-16-15-18-13(10-22-15)14(21)20-7-3-2-4-12(20)5-8-19-9-6-17-11-19/h6,9-12H,2-5,7-8H2,1H3,(H,16,18)/t12-/m0/s1. The van der Waals surface area contributed by atoms with Gasteiger partial charge < -0.3 is 14.8 Å². The van der Waals surface area contributed by atoms with Crippen molar-refractivity contribution in [3.8, 4) is 0 Å². The van der Waals surface area contributed by atoms with E-state index in [9.17, 15) is 4.79 Å². The maximum atomic E-state index is 12.7. The van der Waals surface area contributed by atoms with Crippen LogP contribution in [0.25, 0.3) is 0 Å². The number of piperidine rings is 1. The highest BCUT2D eigenvalue weighted by Gasteiger charge is 2.28. The monoisotopic (exact) mass is 319 g/mol. The van der Waals surface area contributed by atoms with Crippen LogP contribution < -0.4 is 5.32 Å². The summed E-state index contributed by atoms with van der Waals surface area (Å²) < 4.78 is 2.07. The van der Waals surface area contributed by atoms with Gasteiger partial charge in [-0.15, -0.1) is 11.3 Å². The van der Waals surface area contributed by atoms with Crippen molar-refractivity contribution in [2.24, 2.45) is 0 Å². The SMILES string of the molecule is CNc1nc(C(=O)N2CCCC[C@H]2CCn2ccnc2)cs1. The predicted molar refractivity (Wildman–Crippen MR) is 87.2 cm³/mol. The molecule has 1 atom stereocenters. The molecule has 2 aromatic heterocycles. The highest BCUT2D eigenvalue weighted by Crippen LogP contribution is 2.24. The summed E-state index contributed by atoms with van der Waals surface area (Å²) in [6.45, 7) is 1.73. The van der Waals surface area contributed by atoms with Gasteiger partial charge in [-0.05, 0) is 25.7 Å². The van der Waals surface area contributed by atoms with E-state index in [-0.39, 0.29) is 5.91 Å². The Morgan fingerprint density at radius 1 is 1.50 bits per heavy atom. The molecule has 3 rings (SSSR count). The molecule has 1 saturated heterocycles. The fourth-order valence-electron chi connectivity index (χ4n) is 2.92. The number of rotatable bonds is 5. The Labute approximate surface area is 134 Å². The van der Waals surface area contributed by atoms with Gasteiger partial charge >= 0.3 is 0 Å². The summed E-state index contributed by atoms with van der Waals surface area (Å²) >= 11 is 1.47. The van der Waals surface area contributed by atoms with Crippen molar-refractivity contribution in [1.82, 2.24) is 19.4 Å². The lowest BCUT2D eigenvalue weighted by molar-refractivity contribution is 0.0590.